The highest BCUT2D eigenvalue weighted by Gasteiger charge is 2.21. The first kappa shape index (κ1) is 37.3. The molecule has 11 aromatic carbocycles. The first-order valence-corrected chi connectivity index (χ1v) is 22.0. The molecule has 2 heteroatoms. The van der Waals surface area contributed by atoms with E-state index in [0.717, 1.165) is 33.9 Å². The predicted molar refractivity (Wildman–Crippen MR) is 272 cm³/mol. The van der Waals surface area contributed by atoms with Gasteiger partial charge < -0.3 is 9.47 Å². The van der Waals surface area contributed by atoms with Gasteiger partial charge in [-0.05, 0) is 110 Å². The first-order chi connectivity index (χ1) is 31.7. The van der Waals surface area contributed by atoms with Gasteiger partial charge in [-0.1, -0.05) is 200 Å². The molecular formula is C62H42N2. The molecule has 64 heavy (non-hydrogen) atoms. The molecule has 0 saturated carbocycles. The van der Waals surface area contributed by atoms with E-state index in [2.05, 4.69) is 264 Å². The number of para-hydroxylation sites is 2. The molecule has 0 spiro atoms. The Kier molecular flexibility index (Phi) is 9.20. The van der Waals surface area contributed by atoms with Gasteiger partial charge in [-0.3, -0.25) is 0 Å². The summed E-state index contributed by atoms with van der Waals surface area (Å²) in [6, 6.07) is 92.8. The zero-order chi connectivity index (χ0) is 42.4. The number of rotatable bonds is 8. The Morgan fingerprint density at radius 1 is 0.266 bits per heavy atom. The molecule has 0 saturated heterocycles. The van der Waals surface area contributed by atoms with Crippen LogP contribution in [-0.4, -0.2) is 4.57 Å². The van der Waals surface area contributed by atoms with Crippen molar-refractivity contribution in [3.8, 4) is 50.2 Å². The average molecular weight is 815 g/mol. The van der Waals surface area contributed by atoms with Crippen molar-refractivity contribution in [3.05, 3.63) is 255 Å². The molecule has 2 nitrogen and oxygen atoms in total. The van der Waals surface area contributed by atoms with Crippen molar-refractivity contribution in [2.24, 2.45) is 0 Å². The predicted octanol–water partition coefficient (Wildman–Crippen LogP) is 17.2. The third-order valence-corrected chi connectivity index (χ3v) is 12.8. The molecule has 0 aliphatic rings. The Balaban J connectivity index is 1.05. The Bertz CT molecular complexity index is 3650. The molecule has 0 aliphatic carbocycles. The van der Waals surface area contributed by atoms with Crippen LogP contribution in [-0.2, 0) is 0 Å². The summed E-state index contributed by atoms with van der Waals surface area (Å²) in [6.07, 6.45) is 0. The van der Waals surface area contributed by atoms with Gasteiger partial charge in [0.05, 0.1) is 22.4 Å². The summed E-state index contributed by atoms with van der Waals surface area (Å²) < 4.78 is 2.46. The topological polar surface area (TPSA) is 8.17 Å². The molecule has 0 atom stereocenters. The summed E-state index contributed by atoms with van der Waals surface area (Å²) in [5, 5.41) is 7.35. The van der Waals surface area contributed by atoms with E-state index in [1.54, 1.807) is 0 Å². The number of hydrogen-bond donors (Lipinski definition) is 0. The lowest BCUT2D eigenvalue weighted by Crippen LogP contribution is -2.11. The van der Waals surface area contributed by atoms with Crippen LogP contribution in [0, 0.1) is 0 Å². The third kappa shape index (κ3) is 6.52. The fourth-order valence-corrected chi connectivity index (χ4v) is 9.70. The van der Waals surface area contributed by atoms with Crippen LogP contribution in [0.25, 0.3) is 93.5 Å². The average Bonchev–Trinajstić information content (AvgIpc) is 3.70. The second kappa shape index (κ2) is 15.8. The molecule has 12 aromatic rings. The van der Waals surface area contributed by atoms with Crippen LogP contribution in [0.5, 0.6) is 0 Å². The molecule has 1 heterocycles. The second-order valence-corrected chi connectivity index (χ2v) is 16.5. The summed E-state index contributed by atoms with van der Waals surface area (Å²) in [4.78, 5) is 2.42. The number of hydrogen-bond acceptors (Lipinski definition) is 1. The van der Waals surface area contributed by atoms with Crippen LogP contribution in [0.15, 0.2) is 255 Å². The molecule has 0 fully saturated rings. The Hall–Kier alpha value is -8.46. The normalized spacial score (nSPS) is 11.4. The maximum atomic E-state index is 2.46. The van der Waals surface area contributed by atoms with Crippen LogP contribution in [0.3, 0.4) is 0 Å². The number of anilines is 3. The Morgan fingerprint density at radius 3 is 1.56 bits per heavy atom. The summed E-state index contributed by atoms with van der Waals surface area (Å²) >= 11 is 0. The lowest BCUT2D eigenvalue weighted by molar-refractivity contribution is 1.18. The molecule has 1 aromatic heterocycles. The molecule has 0 bridgehead atoms. The molecule has 0 unspecified atom stereocenters. The zero-order valence-electron chi connectivity index (χ0n) is 35.1. The van der Waals surface area contributed by atoms with Gasteiger partial charge in [-0.2, -0.15) is 0 Å². The van der Waals surface area contributed by atoms with Crippen molar-refractivity contribution < 1.29 is 0 Å². The highest BCUT2D eigenvalue weighted by Crippen LogP contribution is 2.46. The van der Waals surface area contributed by atoms with E-state index >= 15 is 0 Å². The van der Waals surface area contributed by atoms with Gasteiger partial charge in [0.15, 0.2) is 0 Å². The van der Waals surface area contributed by atoms with Crippen molar-refractivity contribution in [3.63, 3.8) is 0 Å². The SMILES string of the molecule is c1ccc(-c2ccc(-n3c4cc(-c5ccc6ccccc6c5)ccc4c4ccc(-c5ccccc5-c5ccccc5N(c5ccccc5)c5cccc6ccccc56)cc43)cc2)cc1. The van der Waals surface area contributed by atoms with E-state index in [1.807, 2.05) is 0 Å². The largest absolute Gasteiger partial charge is 0.309 e. The molecule has 0 N–H and O–H groups in total. The van der Waals surface area contributed by atoms with E-state index in [-0.39, 0.29) is 0 Å². The van der Waals surface area contributed by atoms with Gasteiger partial charge in [-0.15, -0.1) is 0 Å². The van der Waals surface area contributed by atoms with Crippen molar-refractivity contribution in [1.29, 1.82) is 0 Å². The van der Waals surface area contributed by atoms with E-state index in [1.165, 1.54) is 76.7 Å². The van der Waals surface area contributed by atoms with Crippen molar-refractivity contribution in [2.75, 3.05) is 4.90 Å². The van der Waals surface area contributed by atoms with Gasteiger partial charge in [0, 0.05) is 33.1 Å². The van der Waals surface area contributed by atoms with Crippen LogP contribution in [0.2, 0.25) is 0 Å². The van der Waals surface area contributed by atoms with Crippen molar-refractivity contribution in [1.82, 2.24) is 4.57 Å². The fraction of sp³-hybridized carbons (Fsp3) is 0. The van der Waals surface area contributed by atoms with Crippen LogP contribution >= 0.6 is 0 Å². The molecule has 0 radical (unpaired) electrons. The lowest BCUT2D eigenvalue weighted by atomic mass is 9.92. The quantitative estimate of drug-likeness (QED) is 0.148. The minimum atomic E-state index is 1.11. The number of benzene rings is 11. The van der Waals surface area contributed by atoms with Gasteiger partial charge in [0.1, 0.15) is 0 Å². The van der Waals surface area contributed by atoms with Gasteiger partial charge in [-0.25, -0.2) is 0 Å². The minimum Gasteiger partial charge on any atom is -0.309 e. The third-order valence-electron chi connectivity index (χ3n) is 12.8. The molecule has 0 amide bonds. The monoisotopic (exact) mass is 814 g/mol. The number of nitrogens with zero attached hydrogens (tertiary/aromatic N) is 2. The van der Waals surface area contributed by atoms with Gasteiger partial charge >= 0.3 is 0 Å². The highest BCUT2D eigenvalue weighted by atomic mass is 15.1. The maximum Gasteiger partial charge on any atom is 0.0547 e. The van der Waals surface area contributed by atoms with E-state index < -0.39 is 0 Å². The lowest BCUT2D eigenvalue weighted by Gasteiger charge is -2.29. The summed E-state index contributed by atoms with van der Waals surface area (Å²) in [6.45, 7) is 0. The number of fused-ring (bicyclic) bond motifs is 5. The van der Waals surface area contributed by atoms with E-state index in [9.17, 15) is 0 Å². The maximum absolute atomic E-state index is 2.46. The molecule has 300 valence electrons. The summed E-state index contributed by atoms with van der Waals surface area (Å²) in [5.74, 6) is 0. The second-order valence-electron chi connectivity index (χ2n) is 16.5. The first-order valence-electron chi connectivity index (χ1n) is 22.0. The Morgan fingerprint density at radius 2 is 0.781 bits per heavy atom. The minimum absolute atomic E-state index is 1.11. The van der Waals surface area contributed by atoms with Crippen LogP contribution in [0.4, 0.5) is 17.1 Å². The molecule has 0 aliphatic heterocycles. The van der Waals surface area contributed by atoms with Crippen molar-refractivity contribution in [2.45, 2.75) is 0 Å². The van der Waals surface area contributed by atoms with Crippen LogP contribution < -0.4 is 4.90 Å². The number of aromatic nitrogens is 1. The summed E-state index contributed by atoms with van der Waals surface area (Å²) in [5.41, 5.74) is 16.3. The van der Waals surface area contributed by atoms with Crippen molar-refractivity contribution >= 4 is 60.4 Å². The van der Waals surface area contributed by atoms with E-state index in [0.29, 0.717) is 0 Å². The van der Waals surface area contributed by atoms with Gasteiger partial charge in [0.25, 0.3) is 0 Å². The molecular weight excluding hydrogens is 773 g/mol. The summed E-state index contributed by atoms with van der Waals surface area (Å²) in [7, 11) is 0. The fourth-order valence-electron chi connectivity index (χ4n) is 9.70. The van der Waals surface area contributed by atoms with Gasteiger partial charge in [0.2, 0.25) is 0 Å². The Labute approximate surface area is 373 Å². The molecule has 12 rings (SSSR count). The van der Waals surface area contributed by atoms with Crippen LogP contribution in [0.1, 0.15) is 0 Å². The smallest absolute Gasteiger partial charge is 0.0547 e. The standard InChI is InChI=1S/C62H42N2/c1-3-16-43(17-4-1)45-32-36-52(37-33-45)64-61-41-49(48-31-30-44-18-7-8-20-47(44)40-48)34-38-57(61)58-39-35-50(42-62(58)64)53-24-11-12-26-55(53)56-27-13-14-28-60(56)63(51-22-5-2-6-23-51)59-29-15-21-46-19-9-10-25-54(46)59/h1-42H. The van der Waals surface area contributed by atoms with E-state index in [4.69, 9.17) is 0 Å². The zero-order valence-corrected chi connectivity index (χ0v) is 35.1. The highest BCUT2D eigenvalue weighted by molar-refractivity contribution is 6.12.